The average Bonchev–Trinajstić information content (AvgIpc) is 3.39. The van der Waals surface area contributed by atoms with Gasteiger partial charge < -0.3 is 5.32 Å². The van der Waals surface area contributed by atoms with Gasteiger partial charge in [-0.15, -0.1) is 10.2 Å². The molecule has 3 aromatic rings. The van der Waals surface area contributed by atoms with Gasteiger partial charge in [0.15, 0.2) is 0 Å². The Labute approximate surface area is 184 Å². The first-order valence-electron chi connectivity index (χ1n) is 9.75. The fourth-order valence-electron chi connectivity index (χ4n) is 3.60. The highest BCUT2D eigenvalue weighted by Gasteiger charge is 2.39. The van der Waals surface area contributed by atoms with Crippen LogP contribution in [0.1, 0.15) is 44.8 Å². The average molecular weight is 461 g/mol. The van der Waals surface area contributed by atoms with Crippen LogP contribution >= 0.6 is 11.3 Å². The Morgan fingerprint density at radius 1 is 1.19 bits per heavy atom. The second-order valence-corrected chi connectivity index (χ2v) is 10.3. The zero-order chi connectivity index (χ0) is 22.2. The molecule has 0 aliphatic carbocycles. The lowest BCUT2D eigenvalue weighted by molar-refractivity contribution is 0.102. The van der Waals surface area contributed by atoms with E-state index in [2.05, 4.69) is 15.5 Å². The number of nitrogens with zero attached hydrogens (tertiary/aromatic N) is 3. The van der Waals surface area contributed by atoms with E-state index < -0.39 is 27.8 Å². The number of benzene rings is 2. The van der Waals surface area contributed by atoms with Crippen molar-refractivity contribution in [3.63, 3.8) is 0 Å². The van der Waals surface area contributed by atoms with Gasteiger partial charge in [-0.2, -0.15) is 4.31 Å². The molecule has 0 unspecified atom stereocenters. The number of carbonyl (C=O) groups excluding carboxylic acids is 1. The van der Waals surface area contributed by atoms with E-state index >= 15 is 0 Å². The molecular formula is C21H21FN4O3S2. The number of hydrogen-bond acceptors (Lipinski definition) is 6. The minimum Gasteiger partial charge on any atom is -0.320 e. The number of amides is 1. The molecule has 1 aliphatic rings. The van der Waals surface area contributed by atoms with Crippen LogP contribution in [0, 0.1) is 19.7 Å². The number of sulfonamides is 1. The van der Waals surface area contributed by atoms with Gasteiger partial charge in [-0.25, -0.2) is 12.8 Å². The standard InChI is InChI=1S/C21H21FN4O3S2/c1-13-8-9-14(2)18(11-13)31(28,29)26-10-4-7-17(26)20-24-25-21(30-20)19(27)23-16-6-3-5-15(22)12-16/h3,5-6,8-9,11-12,17H,4,7,10H2,1-2H3,(H,23,27)/t17-/m0/s1. The van der Waals surface area contributed by atoms with Gasteiger partial charge in [0.1, 0.15) is 10.8 Å². The predicted octanol–water partition coefficient (Wildman–Crippen LogP) is 4.07. The van der Waals surface area contributed by atoms with Crippen molar-refractivity contribution < 1.29 is 17.6 Å². The monoisotopic (exact) mass is 460 g/mol. The highest BCUT2D eigenvalue weighted by molar-refractivity contribution is 7.89. The van der Waals surface area contributed by atoms with Crippen molar-refractivity contribution in [2.75, 3.05) is 11.9 Å². The van der Waals surface area contributed by atoms with Gasteiger partial charge in [-0.3, -0.25) is 4.79 Å². The maximum Gasteiger partial charge on any atom is 0.286 e. The van der Waals surface area contributed by atoms with E-state index in [4.69, 9.17) is 0 Å². The highest BCUT2D eigenvalue weighted by Crippen LogP contribution is 2.38. The van der Waals surface area contributed by atoms with Crippen molar-refractivity contribution in [2.45, 2.75) is 37.6 Å². The van der Waals surface area contributed by atoms with Gasteiger partial charge in [-0.1, -0.05) is 29.5 Å². The first-order chi connectivity index (χ1) is 14.8. The summed E-state index contributed by atoms with van der Waals surface area (Å²) < 4.78 is 41.5. The summed E-state index contributed by atoms with van der Waals surface area (Å²) in [6, 6.07) is 10.4. The maximum atomic E-state index is 13.4. The van der Waals surface area contributed by atoms with Crippen LogP contribution < -0.4 is 5.32 Å². The van der Waals surface area contributed by atoms with Crippen molar-refractivity contribution in [2.24, 2.45) is 0 Å². The molecule has 7 nitrogen and oxygen atoms in total. The van der Waals surface area contributed by atoms with Crippen LogP contribution in [-0.4, -0.2) is 35.4 Å². The Morgan fingerprint density at radius 3 is 2.77 bits per heavy atom. The lowest BCUT2D eigenvalue weighted by Gasteiger charge is -2.23. The summed E-state index contributed by atoms with van der Waals surface area (Å²) in [6.07, 6.45) is 1.30. The summed E-state index contributed by atoms with van der Waals surface area (Å²) in [5.41, 5.74) is 1.86. The van der Waals surface area contributed by atoms with E-state index in [-0.39, 0.29) is 9.90 Å². The van der Waals surface area contributed by atoms with Crippen molar-refractivity contribution in [3.8, 4) is 0 Å². The molecule has 31 heavy (non-hydrogen) atoms. The zero-order valence-electron chi connectivity index (χ0n) is 17.0. The third kappa shape index (κ3) is 4.36. The van der Waals surface area contributed by atoms with Gasteiger partial charge in [0.25, 0.3) is 5.91 Å². The van der Waals surface area contributed by atoms with Crippen molar-refractivity contribution in [1.82, 2.24) is 14.5 Å². The normalized spacial score (nSPS) is 17.1. The van der Waals surface area contributed by atoms with E-state index in [0.29, 0.717) is 35.6 Å². The number of hydrogen-bond donors (Lipinski definition) is 1. The molecule has 1 N–H and O–H groups in total. The molecule has 1 atom stereocenters. The van der Waals surface area contributed by atoms with E-state index in [1.54, 1.807) is 25.1 Å². The van der Waals surface area contributed by atoms with Gasteiger partial charge >= 0.3 is 0 Å². The minimum atomic E-state index is -3.72. The molecule has 0 radical (unpaired) electrons. The smallest absolute Gasteiger partial charge is 0.286 e. The Kier molecular flexibility index (Phi) is 5.87. The van der Waals surface area contributed by atoms with Crippen molar-refractivity contribution >= 4 is 33.0 Å². The van der Waals surface area contributed by atoms with Crippen LogP contribution in [-0.2, 0) is 10.0 Å². The molecule has 1 aliphatic heterocycles. The van der Waals surface area contributed by atoms with Crippen molar-refractivity contribution in [1.29, 1.82) is 0 Å². The van der Waals surface area contributed by atoms with E-state index in [0.717, 1.165) is 16.9 Å². The van der Waals surface area contributed by atoms with Crippen molar-refractivity contribution in [3.05, 3.63) is 69.4 Å². The molecule has 0 saturated carbocycles. The predicted molar refractivity (Wildman–Crippen MR) is 116 cm³/mol. The zero-order valence-corrected chi connectivity index (χ0v) is 18.6. The number of aryl methyl sites for hydroxylation is 2. The second-order valence-electron chi connectivity index (χ2n) is 7.45. The Balaban J connectivity index is 1.58. The molecule has 1 aromatic heterocycles. The van der Waals surface area contributed by atoms with Gasteiger partial charge in [0.2, 0.25) is 15.0 Å². The van der Waals surface area contributed by atoms with Crippen LogP contribution in [0.4, 0.5) is 10.1 Å². The molecule has 10 heteroatoms. The molecule has 4 rings (SSSR count). The Hall–Kier alpha value is -2.69. The first-order valence-corrected chi connectivity index (χ1v) is 12.0. The Morgan fingerprint density at radius 2 is 2.00 bits per heavy atom. The number of aromatic nitrogens is 2. The molecular weight excluding hydrogens is 439 g/mol. The highest BCUT2D eigenvalue weighted by atomic mass is 32.2. The molecule has 162 valence electrons. The third-order valence-electron chi connectivity index (χ3n) is 5.14. The fourth-order valence-corrected chi connectivity index (χ4v) is 6.52. The molecule has 1 saturated heterocycles. The van der Waals surface area contributed by atoms with Crippen LogP contribution in [0.2, 0.25) is 0 Å². The van der Waals surface area contributed by atoms with Crippen LogP contribution in [0.15, 0.2) is 47.4 Å². The summed E-state index contributed by atoms with van der Waals surface area (Å²) in [5, 5.41) is 11.2. The minimum absolute atomic E-state index is 0.0928. The second kappa shape index (κ2) is 8.45. The van der Waals surface area contributed by atoms with E-state index in [9.17, 15) is 17.6 Å². The number of halogens is 1. The summed E-state index contributed by atoms with van der Waals surface area (Å²) in [6.45, 7) is 4.01. The third-order valence-corrected chi connectivity index (χ3v) is 8.21. The molecule has 1 fully saturated rings. The maximum absolute atomic E-state index is 13.4. The first kappa shape index (κ1) is 21.5. The number of anilines is 1. The van der Waals surface area contributed by atoms with Gasteiger partial charge in [0, 0.05) is 12.2 Å². The van der Waals surface area contributed by atoms with Gasteiger partial charge in [-0.05, 0) is 62.1 Å². The molecule has 2 heterocycles. The van der Waals surface area contributed by atoms with E-state index in [1.807, 2.05) is 13.0 Å². The van der Waals surface area contributed by atoms with Crippen LogP contribution in [0.5, 0.6) is 0 Å². The molecule has 0 bridgehead atoms. The molecule has 1 amide bonds. The largest absolute Gasteiger partial charge is 0.320 e. The summed E-state index contributed by atoms with van der Waals surface area (Å²) >= 11 is 1.05. The SMILES string of the molecule is Cc1ccc(C)c(S(=O)(=O)N2CCC[C@H]2c2nnc(C(=O)Nc3cccc(F)c3)s2)c1. The lowest BCUT2D eigenvalue weighted by atomic mass is 10.2. The summed E-state index contributed by atoms with van der Waals surface area (Å²) in [7, 11) is -3.72. The quantitative estimate of drug-likeness (QED) is 0.620. The summed E-state index contributed by atoms with van der Waals surface area (Å²) in [5.74, 6) is -0.981. The lowest BCUT2D eigenvalue weighted by Crippen LogP contribution is -2.31. The number of nitrogens with one attached hydrogen (secondary N) is 1. The number of rotatable bonds is 5. The topological polar surface area (TPSA) is 92.3 Å². The summed E-state index contributed by atoms with van der Waals surface area (Å²) in [4.78, 5) is 12.8. The number of carbonyl (C=O) groups is 1. The fraction of sp³-hybridized carbons (Fsp3) is 0.286. The molecule has 0 spiro atoms. The van der Waals surface area contributed by atoms with Gasteiger partial charge in [0.05, 0.1) is 10.9 Å². The molecule has 2 aromatic carbocycles. The van der Waals surface area contributed by atoms with Crippen LogP contribution in [0.3, 0.4) is 0 Å². The van der Waals surface area contributed by atoms with E-state index in [1.165, 1.54) is 22.5 Å². The Bertz CT molecular complexity index is 1240. The van der Waals surface area contributed by atoms with Crippen LogP contribution in [0.25, 0.3) is 0 Å².